The second-order valence-electron chi connectivity index (χ2n) is 7.03. The molecule has 2 aliphatic heterocycles. The van der Waals surface area contributed by atoms with Gasteiger partial charge in [0.25, 0.3) is 0 Å². The number of hydrogen-bond acceptors (Lipinski definition) is 5. The quantitative estimate of drug-likeness (QED) is 0.834. The van der Waals surface area contributed by atoms with Crippen LogP contribution in [0.2, 0.25) is 0 Å². The second-order valence-corrected chi connectivity index (χ2v) is 9.25. The molecule has 0 bridgehead atoms. The first-order valence-corrected chi connectivity index (χ1v) is 10.8. The highest BCUT2D eigenvalue weighted by atomic mass is 32.2. The van der Waals surface area contributed by atoms with Crippen molar-refractivity contribution < 1.29 is 13.2 Å². The maximum absolute atomic E-state index is 12.2. The Morgan fingerprint density at radius 3 is 2.64 bits per heavy atom. The summed E-state index contributed by atoms with van der Waals surface area (Å²) in [6.07, 6.45) is 1.70. The number of carbonyl (C=O) groups is 1. The molecule has 0 saturated carbocycles. The predicted octanol–water partition coefficient (Wildman–Crippen LogP) is 0.750. The lowest BCUT2D eigenvalue weighted by molar-refractivity contribution is -0.122. The molecular weight excluding hydrogens is 338 g/mol. The molecular formula is C18H27N3O3S. The molecule has 1 amide bonds. The van der Waals surface area contributed by atoms with E-state index in [1.807, 2.05) is 6.07 Å². The van der Waals surface area contributed by atoms with Gasteiger partial charge in [-0.15, -0.1) is 0 Å². The minimum Gasteiger partial charge on any atom is -0.370 e. The number of benzene rings is 1. The maximum Gasteiger partial charge on any atom is 0.234 e. The van der Waals surface area contributed by atoms with Gasteiger partial charge in [-0.25, -0.2) is 8.42 Å². The van der Waals surface area contributed by atoms with Gasteiger partial charge in [0.05, 0.1) is 18.1 Å². The monoisotopic (exact) mass is 365 g/mol. The number of carbonyl (C=O) groups excluding carboxylic acids is 1. The average Bonchev–Trinajstić information content (AvgIpc) is 2.80. The van der Waals surface area contributed by atoms with Gasteiger partial charge < -0.3 is 10.2 Å². The van der Waals surface area contributed by atoms with Crippen molar-refractivity contribution in [1.82, 2.24) is 10.2 Å². The molecule has 0 spiro atoms. The Morgan fingerprint density at radius 1 is 1.12 bits per heavy atom. The van der Waals surface area contributed by atoms with Crippen LogP contribution in [0.15, 0.2) is 30.3 Å². The molecule has 2 heterocycles. The van der Waals surface area contributed by atoms with Crippen LogP contribution in [0.5, 0.6) is 0 Å². The second kappa shape index (κ2) is 8.19. The van der Waals surface area contributed by atoms with Gasteiger partial charge in [0.1, 0.15) is 0 Å². The van der Waals surface area contributed by atoms with E-state index in [-0.39, 0.29) is 23.3 Å². The van der Waals surface area contributed by atoms with Crippen molar-refractivity contribution >= 4 is 21.4 Å². The normalized spacial score (nSPS) is 24.0. The molecule has 1 aromatic rings. The van der Waals surface area contributed by atoms with Gasteiger partial charge in [-0.05, 0) is 30.9 Å². The van der Waals surface area contributed by atoms with Crippen LogP contribution in [0.25, 0.3) is 0 Å². The molecule has 3 rings (SSSR count). The van der Waals surface area contributed by atoms with Gasteiger partial charge >= 0.3 is 0 Å². The fraction of sp³-hybridized carbons (Fsp3) is 0.611. The first-order chi connectivity index (χ1) is 12.0. The third-order valence-electron chi connectivity index (χ3n) is 4.99. The highest BCUT2D eigenvalue weighted by Gasteiger charge is 2.28. The SMILES string of the molecule is O=C(CN1CCCN(c2ccccc2)CC1)NCC1CCS(=O)(=O)C1. The van der Waals surface area contributed by atoms with E-state index in [0.29, 0.717) is 19.5 Å². The van der Waals surface area contributed by atoms with Crippen LogP contribution in [0.4, 0.5) is 5.69 Å². The summed E-state index contributed by atoms with van der Waals surface area (Å²) in [5.41, 5.74) is 1.23. The van der Waals surface area contributed by atoms with Crippen LogP contribution in [-0.4, -0.2) is 70.0 Å². The van der Waals surface area contributed by atoms with Gasteiger partial charge in [-0.3, -0.25) is 9.69 Å². The van der Waals surface area contributed by atoms with Crippen molar-refractivity contribution in [3.63, 3.8) is 0 Å². The zero-order chi connectivity index (χ0) is 17.7. The van der Waals surface area contributed by atoms with Crippen molar-refractivity contribution in [3.05, 3.63) is 30.3 Å². The molecule has 1 unspecified atom stereocenters. The van der Waals surface area contributed by atoms with E-state index >= 15 is 0 Å². The van der Waals surface area contributed by atoms with E-state index in [4.69, 9.17) is 0 Å². The predicted molar refractivity (Wildman–Crippen MR) is 99.5 cm³/mol. The molecule has 7 heteroatoms. The summed E-state index contributed by atoms with van der Waals surface area (Å²) in [5, 5.41) is 2.91. The number of amides is 1. The van der Waals surface area contributed by atoms with E-state index < -0.39 is 9.84 Å². The molecule has 138 valence electrons. The molecule has 1 atom stereocenters. The Morgan fingerprint density at radius 2 is 1.92 bits per heavy atom. The van der Waals surface area contributed by atoms with Crippen molar-refractivity contribution in [2.24, 2.45) is 5.92 Å². The molecule has 6 nitrogen and oxygen atoms in total. The number of nitrogens with zero attached hydrogens (tertiary/aromatic N) is 2. The fourth-order valence-corrected chi connectivity index (χ4v) is 5.44. The van der Waals surface area contributed by atoms with E-state index in [1.165, 1.54) is 5.69 Å². The van der Waals surface area contributed by atoms with E-state index in [2.05, 4.69) is 39.4 Å². The first kappa shape index (κ1) is 18.2. The molecule has 25 heavy (non-hydrogen) atoms. The molecule has 1 aromatic carbocycles. The lowest BCUT2D eigenvalue weighted by Crippen LogP contribution is -2.40. The lowest BCUT2D eigenvalue weighted by Gasteiger charge is -2.23. The van der Waals surface area contributed by atoms with Crippen molar-refractivity contribution in [2.45, 2.75) is 12.8 Å². The summed E-state index contributed by atoms with van der Waals surface area (Å²) in [6, 6.07) is 10.4. The number of hydrogen-bond donors (Lipinski definition) is 1. The smallest absolute Gasteiger partial charge is 0.234 e. The van der Waals surface area contributed by atoms with Crippen molar-refractivity contribution in [1.29, 1.82) is 0 Å². The molecule has 2 saturated heterocycles. The molecule has 2 aliphatic rings. The average molecular weight is 365 g/mol. The standard InChI is InChI=1S/C18H27N3O3S/c22-18(19-13-16-7-12-25(23,24)15-16)14-20-8-4-9-21(11-10-20)17-5-2-1-3-6-17/h1-3,5-6,16H,4,7-15H2,(H,19,22). The summed E-state index contributed by atoms with van der Waals surface area (Å²) < 4.78 is 22.9. The van der Waals surface area contributed by atoms with E-state index in [0.717, 1.165) is 32.6 Å². The highest BCUT2D eigenvalue weighted by molar-refractivity contribution is 7.91. The molecule has 0 aliphatic carbocycles. The Hall–Kier alpha value is -1.60. The zero-order valence-electron chi connectivity index (χ0n) is 14.6. The third-order valence-corrected chi connectivity index (χ3v) is 6.83. The Kier molecular flexibility index (Phi) is 5.96. The van der Waals surface area contributed by atoms with Crippen LogP contribution in [0, 0.1) is 5.92 Å². The van der Waals surface area contributed by atoms with Crippen LogP contribution in [-0.2, 0) is 14.6 Å². The molecule has 1 N–H and O–H groups in total. The van der Waals surface area contributed by atoms with Gasteiger partial charge in [0.2, 0.25) is 5.91 Å². The maximum atomic E-state index is 12.2. The largest absolute Gasteiger partial charge is 0.370 e. The first-order valence-electron chi connectivity index (χ1n) is 9.01. The lowest BCUT2D eigenvalue weighted by atomic mass is 10.1. The van der Waals surface area contributed by atoms with Crippen molar-refractivity contribution in [2.75, 3.05) is 55.7 Å². The van der Waals surface area contributed by atoms with Crippen LogP contribution in [0.3, 0.4) is 0 Å². The number of nitrogens with one attached hydrogen (secondary N) is 1. The summed E-state index contributed by atoms with van der Waals surface area (Å²) in [5.74, 6) is 0.544. The zero-order valence-corrected chi connectivity index (χ0v) is 15.4. The number of para-hydroxylation sites is 1. The number of rotatable bonds is 5. The fourth-order valence-electron chi connectivity index (χ4n) is 3.58. The molecule has 2 fully saturated rings. The van der Waals surface area contributed by atoms with Gasteiger partial charge in [0, 0.05) is 38.4 Å². The van der Waals surface area contributed by atoms with Crippen LogP contribution in [0.1, 0.15) is 12.8 Å². The van der Waals surface area contributed by atoms with Crippen LogP contribution < -0.4 is 10.2 Å². The highest BCUT2D eigenvalue weighted by Crippen LogP contribution is 2.17. The Balaban J connectivity index is 1.42. The summed E-state index contributed by atoms with van der Waals surface area (Å²) in [7, 11) is -2.88. The number of sulfone groups is 1. The van der Waals surface area contributed by atoms with Gasteiger partial charge in [-0.1, -0.05) is 18.2 Å². The Bertz CT molecular complexity index is 678. The molecule has 0 radical (unpaired) electrons. The summed E-state index contributed by atoms with van der Waals surface area (Å²) >= 11 is 0. The topological polar surface area (TPSA) is 69.7 Å². The number of anilines is 1. The minimum atomic E-state index is -2.88. The van der Waals surface area contributed by atoms with E-state index in [9.17, 15) is 13.2 Å². The minimum absolute atomic E-state index is 0.00235. The summed E-state index contributed by atoms with van der Waals surface area (Å²) in [6.45, 7) is 4.55. The van der Waals surface area contributed by atoms with Crippen molar-refractivity contribution in [3.8, 4) is 0 Å². The molecule has 0 aromatic heterocycles. The van der Waals surface area contributed by atoms with Gasteiger partial charge in [0.15, 0.2) is 9.84 Å². The van der Waals surface area contributed by atoms with E-state index in [1.54, 1.807) is 0 Å². The third kappa shape index (κ3) is 5.44. The Labute approximate surface area is 150 Å². The van der Waals surface area contributed by atoms with Gasteiger partial charge in [-0.2, -0.15) is 0 Å². The summed E-state index contributed by atoms with van der Waals surface area (Å²) in [4.78, 5) is 16.7. The van der Waals surface area contributed by atoms with Crippen LogP contribution >= 0.6 is 0 Å².